The molecule has 0 heterocycles. The van der Waals surface area contributed by atoms with Gasteiger partial charge >= 0.3 is 0 Å². The van der Waals surface area contributed by atoms with Crippen LogP contribution in [0, 0.1) is 5.92 Å². The van der Waals surface area contributed by atoms with Gasteiger partial charge in [-0.25, -0.2) is 0 Å². The van der Waals surface area contributed by atoms with Crippen LogP contribution in [0.25, 0.3) is 0 Å². The molecule has 0 aromatic carbocycles. The van der Waals surface area contributed by atoms with Crippen LogP contribution in [0.3, 0.4) is 0 Å². The van der Waals surface area contributed by atoms with E-state index in [0.717, 1.165) is 19.0 Å². The molecule has 1 unspecified atom stereocenters. The second-order valence-corrected chi connectivity index (χ2v) is 4.14. The number of nitrogens with zero attached hydrogens (tertiary/aromatic N) is 1. The number of aliphatic imine (C=N–C) groups is 1. The van der Waals surface area contributed by atoms with E-state index in [9.17, 15) is 0 Å². The van der Waals surface area contributed by atoms with Crippen molar-refractivity contribution in [1.82, 2.24) is 10.6 Å². The summed E-state index contributed by atoms with van der Waals surface area (Å²) in [7, 11) is 0. The van der Waals surface area contributed by atoms with E-state index in [2.05, 4.69) is 29.5 Å². The van der Waals surface area contributed by atoms with Gasteiger partial charge < -0.3 is 15.7 Å². The summed E-state index contributed by atoms with van der Waals surface area (Å²) in [6.45, 7) is 8.93. The molecule has 1 atom stereocenters. The Kier molecular flexibility index (Phi) is 10.2. The normalized spacial score (nSPS) is 13.6. The molecule has 0 bridgehead atoms. The molecule has 0 spiro atoms. The fraction of sp³-hybridized carbons (Fsp3) is 0.917. The van der Waals surface area contributed by atoms with Crippen molar-refractivity contribution in [2.75, 3.05) is 26.2 Å². The Morgan fingerprint density at radius 2 is 2.00 bits per heavy atom. The Hall–Kier alpha value is -0.770. The highest BCUT2D eigenvalue weighted by Gasteiger charge is 2.00. The van der Waals surface area contributed by atoms with Crippen molar-refractivity contribution < 1.29 is 5.11 Å². The van der Waals surface area contributed by atoms with E-state index in [4.69, 9.17) is 5.11 Å². The van der Waals surface area contributed by atoms with Gasteiger partial charge in [0.05, 0.1) is 0 Å². The Balaban J connectivity index is 3.85. The third kappa shape index (κ3) is 8.53. The van der Waals surface area contributed by atoms with Crippen LogP contribution in [-0.4, -0.2) is 37.3 Å². The molecule has 0 aromatic rings. The molecule has 0 aliphatic heterocycles. The van der Waals surface area contributed by atoms with E-state index in [0.29, 0.717) is 6.54 Å². The lowest BCUT2D eigenvalue weighted by Crippen LogP contribution is -2.38. The third-order valence-electron chi connectivity index (χ3n) is 2.29. The molecule has 0 aliphatic carbocycles. The third-order valence-corrected chi connectivity index (χ3v) is 2.29. The smallest absolute Gasteiger partial charge is 0.191 e. The maximum atomic E-state index is 8.91. The number of nitrogens with one attached hydrogen (secondary N) is 2. The summed E-state index contributed by atoms with van der Waals surface area (Å²) in [5.74, 6) is 1.09. The van der Waals surface area contributed by atoms with Crippen molar-refractivity contribution in [3.8, 4) is 0 Å². The number of unbranched alkanes of at least 4 members (excludes halogenated alkanes) is 2. The van der Waals surface area contributed by atoms with E-state index < -0.39 is 0 Å². The number of aliphatic hydroxyl groups excluding tert-OH is 1. The largest absolute Gasteiger partial charge is 0.396 e. The number of hydrogen-bond donors (Lipinski definition) is 3. The molecule has 4 heteroatoms. The molecule has 0 fully saturated rings. The lowest BCUT2D eigenvalue weighted by atomic mass is 10.2. The fourth-order valence-corrected chi connectivity index (χ4v) is 1.23. The molecule has 0 radical (unpaired) electrons. The first-order chi connectivity index (χ1) is 7.74. The fourth-order valence-electron chi connectivity index (χ4n) is 1.23. The first-order valence-corrected chi connectivity index (χ1v) is 6.37. The summed E-state index contributed by atoms with van der Waals surface area (Å²) >= 11 is 0. The van der Waals surface area contributed by atoms with Crippen LogP contribution in [0.5, 0.6) is 0 Å². The Bertz CT molecular complexity index is 183. The summed E-state index contributed by atoms with van der Waals surface area (Å²) < 4.78 is 0. The summed E-state index contributed by atoms with van der Waals surface area (Å²) in [4.78, 5) is 4.42. The van der Waals surface area contributed by atoms with Crippen LogP contribution in [0.15, 0.2) is 4.99 Å². The van der Waals surface area contributed by atoms with Gasteiger partial charge in [-0.1, -0.05) is 26.7 Å². The molecule has 3 N–H and O–H groups in total. The van der Waals surface area contributed by atoms with E-state index >= 15 is 0 Å². The van der Waals surface area contributed by atoms with Crippen molar-refractivity contribution in [2.45, 2.75) is 40.0 Å². The number of hydrogen-bond acceptors (Lipinski definition) is 2. The van der Waals surface area contributed by atoms with Gasteiger partial charge in [0, 0.05) is 26.2 Å². The zero-order valence-electron chi connectivity index (χ0n) is 10.9. The molecule has 16 heavy (non-hydrogen) atoms. The molecular weight excluding hydrogens is 202 g/mol. The van der Waals surface area contributed by atoms with E-state index in [1.165, 1.54) is 19.3 Å². The first kappa shape index (κ1) is 15.2. The highest BCUT2D eigenvalue weighted by atomic mass is 16.3. The van der Waals surface area contributed by atoms with Crippen LogP contribution in [0.2, 0.25) is 0 Å². The van der Waals surface area contributed by atoms with Crippen molar-refractivity contribution in [3.05, 3.63) is 0 Å². The predicted molar refractivity (Wildman–Crippen MR) is 69.8 cm³/mol. The van der Waals surface area contributed by atoms with Gasteiger partial charge in [-0.2, -0.15) is 0 Å². The van der Waals surface area contributed by atoms with Crippen molar-refractivity contribution in [2.24, 2.45) is 10.9 Å². The molecule has 0 aromatic heterocycles. The van der Waals surface area contributed by atoms with Crippen molar-refractivity contribution in [1.29, 1.82) is 0 Å². The average molecular weight is 229 g/mol. The number of guanidine groups is 1. The summed E-state index contributed by atoms with van der Waals surface area (Å²) in [5.41, 5.74) is 0. The maximum Gasteiger partial charge on any atom is 0.191 e. The second-order valence-electron chi connectivity index (χ2n) is 4.14. The summed E-state index contributed by atoms with van der Waals surface area (Å²) in [5, 5.41) is 15.4. The van der Waals surface area contributed by atoms with E-state index in [-0.39, 0.29) is 12.5 Å². The SMILES string of the molecule is CCCCCNC(=NCC(C)CO)NCC. The standard InChI is InChI=1S/C12H27N3O/c1-4-6-7-8-14-12(13-5-2)15-9-11(3)10-16/h11,16H,4-10H2,1-3H3,(H2,13,14,15). The molecule has 0 saturated heterocycles. The van der Waals surface area contributed by atoms with Gasteiger partial charge in [0.1, 0.15) is 0 Å². The molecule has 4 nitrogen and oxygen atoms in total. The van der Waals surface area contributed by atoms with Crippen LogP contribution in [0.1, 0.15) is 40.0 Å². The molecular formula is C12H27N3O. The average Bonchev–Trinajstić information content (AvgIpc) is 2.30. The lowest BCUT2D eigenvalue weighted by Gasteiger charge is -2.12. The van der Waals surface area contributed by atoms with E-state index in [1.54, 1.807) is 0 Å². The minimum atomic E-state index is 0.193. The molecule has 0 saturated carbocycles. The Morgan fingerprint density at radius 1 is 1.25 bits per heavy atom. The van der Waals surface area contributed by atoms with Crippen LogP contribution in [-0.2, 0) is 0 Å². The first-order valence-electron chi connectivity index (χ1n) is 6.37. The zero-order chi connectivity index (χ0) is 12.2. The summed E-state index contributed by atoms with van der Waals surface area (Å²) in [6, 6.07) is 0. The van der Waals surface area contributed by atoms with Crippen LogP contribution >= 0.6 is 0 Å². The van der Waals surface area contributed by atoms with Gasteiger partial charge in [-0.3, -0.25) is 4.99 Å². The molecule has 0 aliphatic rings. The Morgan fingerprint density at radius 3 is 2.56 bits per heavy atom. The van der Waals surface area contributed by atoms with E-state index in [1.807, 2.05) is 6.92 Å². The molecule has 96 valence electrons. The van der Waals surface area contributed by atoms with Crippen molar-refractivity contribution in [3.63, 3.8) is 0 Å². The highest BCUT2D eigenvalue weighted by Crippen LogP contribution is 1.93. The monoisotopic (exact) mass is 229 g/mol. The number of aliphatic hydroxyl groups is 1. The van der Waals surface area contributed by atoms with Crippen LogP contribution < -0.4 is 10.6 Å². The van der Waals surface area contributed by atoms with Gasteiger partial charge in [0.2, 0.25) is 0 Å². The molecule has 0 rings (SSSR count). The van der Waals surface area contributed by atoms with Gasteiger partial charge in [0.15, 0.2) is 5.96 Å². The predicted octanol–water partition coefficient (Wildman–Crippen LogP) is 1.36. The Labute approximate surface area is 99.5 Å². The lowest BCUT2D eigenvalue weighted by molar-refractivity contribution is 0.241. The second kappa shape index (κ2) is 10.7. The van der Waals surface area contributed by atoms with Gasteiger partial charge in [-0.15, -0.1) is 0 Å². The van der Waals surface area contributed by atoms with Gasteiger partial charge in [0.25, 0.3) is 0 Å². The highest BCUT2D eigenvalue weighted by molar-refractivity contribution is 5.79. The van der Waals surface area contributed by atoms with Gasteiger partial charge in [-0.05, 0) is 19.3 Å². The minimum Gasteiger partial charge on any atom is -0.396 e. The number of rotatable bonds is 8. The molecule has 0 amide bonds. The van der Waals surface area contributed by atoms with Crippen molar-refractivity contribution >= 4 is 5.96 Å². The maximum absolute atomic E-state index is 8.91. The minimum absolute atomic E-state index is 0.193. The zero-order valence-corrected chi connectivity index (χ0v) is 10.9. The summed E-state index contributed by atoms with van der Waals surface area (Å²) in [6.07, 6.45) is 3.66. The topological polar surface area (TPSA) is 56.7 Å². The quantitative estimate of drug-likeness (QED) is 0.335. The van der Waals surface area contributed by atoms with Crippen LogP contribution in [0.4, 0.5) is 0 Å².